The summed E-state index contributed by atoms with van der Waals surface area (Å²) in [5.41, 5.74) is 3.76. The molecule has 0 saturated carbocycles. The molecule has 1 heterocycles. The molecule has 0 radical (unpaired) electrons. The lowest BCUT2D eigenvalue weighted by atomic mass is 9.98. The number of rotatable bonds is 6. The molecule has 0 bridgehead atoms. The van der Waals surface area contributed by atoms with E-state index >= 15 is 0 Å². The van der Waals surface area contributed by atoms with E-state index < -0.39 is 10.0 Å². The summed E-state index contributed by atoms with van der Waals surface area (Å²) in [5, 5.41) is 3.43. The topological polar surface area (TPSA) is 58.2 Å². The van der Waals surface area contributed by atoms with Crippen LogP contribution in [-0.2, 0) is 22.9 Å². The lowest BCUT2D eigenvalue weighted by Gasteiger charge is -2.21. The number of anilines is 1. The van der Waals surface area contributed by atoms with Gasteiger partial charge in [0.25, 0.3) is 0 Å². The van der Waals surface area contributed by atoms with Crippen LogP contribution in [0.25, 0.3) is 0 Å². The zero-order valence-electron chi connectivity index (χ0n) is 11.4. The van der Waals surface area contributed by atoms with E-state index in [0.717, 1.165) is 19.4 Å². The average Bonchev–Trinajstić information content (AvgIpc) is 2.39. The number of fused-ring (bicyclic) bond motifs is 1. The van der Waals surface area contributed by atoms with E-state index in [-0.39, 0.29) is 5.75 Å². The molecule has 0 unspecified atom stereocenters. The molecule has 106 valence electrons. The quantitative estimate of drug-likeness (QED) is 0.838. The van der Waals surface area contributed by atoms with Crippen molar-refractivity contribution in [1.82, 2.24) is 4.72 Å². The molecule has 4 nitrogen and oxygen atoms in total. The van der Waals surface area contributed by atoms with Crippen molar-refractivity contribution < 1.29 is 8.42 Å². The van der Waals surface area contributed by atoms with Gasteiger partial charge in [0.15, 0.2) is 0 Å². The van der Waals surface area contributed by atoms with Crippen molar-refractivity contribution in [3.8, 4) is 0 Å². The van der Waals surface area contributed by atoms with Crippen molar-refractivity contribution >= 4 is 15.7 Å². The monoisotopic (exact) mass is 282 g/mol. The molecule has 2 N–H and O–H groups in total. The summed E-state index contributed by atoms with van der Waals surface area (Å²) in [6.07, 6.45) is 3.66. The molecule has 0 amide bonds. The summed E-state index contributed by atoms with van der Waals surface area (Å²) in [6.45, 7) is 3.35. The Morgan fingerprint density at radius 3 is 3.00 bits per heavy atom. The van der Waals surface area contributed by atoms with Gasteiger partial charge in [-0.2, -0.15) is 0 Å². The molecular formula is C14H22N2O2S. The number of benzene rings is 1. The number of aryl methyl sites for hydroxylation is 1. The van der Waals surface area contributed by atoms with Gasteiger partial charge in [0.1, 0.15) is 0 Å². The molecule has 5 heteroatoms. The zero-order valence-corrected chi connectivity index (χ0v) is 12.2. The van der Waals surface area contributed by atoms with E-state index in [1.165, 1.54) is 23.2 Å². The molecule has 2 rings (SSSR count). The molecule has 1 aromatic rings. The Morgan fingerprint density at radius 1 is 1.37 bits per heavy atom. The first-order valence-electron chi connectivity index (χ1n) is 6.94. The van der Waals surface area contributed by atoms with Gasteiger partial charge < -0.3 is 5.32 Å². The first-order chi connectivity index (χ1) is 9.12. The van der Waals surface area contributed by atoms with E-state index in [9.17, 15) is 8.42 Å². The molecule has 1 aliphatic heterocycles. The Labute approximate surface area is 115 Å². The minimum absolute atomic E-state index is 0.206. The van der Waals surface area contributed by atoms with E-state index in [4.69, 9.17) is 0 Å². The highest BCUT2D eigenvalue weighted by Crippen LogP contribution is 2.26. The third-order valence-electron chi connectivity index (χ3n) is 3.35. The zero-order chi connectivity index (χ0) is 13.7. The number of hydrogen-bond donors (Lipinski definition) is 2. The minimum Gasteiger partial charge on any atom is -0.385 e. The number of sulfonamides is 1. The fourth-order valence-corrected chi connectivity index (χ4v) is 3.57. The highest BCUT2D eigenvalue weighted by molar-refractivity contribution is 7.89. The van der Waals surface area contributed by atoms with Crippen LogP contribution in [0.5, 0.6) is 0 Å². The van der Waals surface area contributed by atoms with Crippen LogP contribution in [0, 0.1) is 0 Å². The average molecular weight is 282 g/mol. The first kappa shape index (κ1) is 14.3. The van der Waals surface area contributed by atoms with Crippen LogP contribution in [0.2, 0.25) is 0 Å². The van der Waals surface area contributed by atoms with Gasteiger partial charge in [-0.15, -0.1) is 0 Å². The van der Waals surface area contributed by atoms with Crippen LogP contribution in [-0.4, -0.2) is 27.3 Å². The Morgan fingerprint density at radius 2 is 2.21 bits per heavy atom. The van der Waals surface area contributed by atoms with Gasteiger partial charge in [-0.3, -0.25) is 0 Å². The molecule has 1 aliphatic rings. The van der Waals surface area contributed by atoms with E-state index in [1.54, 1.807) is 0 Å². The van der Waals surface area contributed by atoms with E-state index in [1.807, 2.05) is 6.92 Å². The van der Waals surface area contributed by atoms with Crippen LogP contribution < -0.4 is 10.0 Å². The molecule has 0 saturated heterocycles. The van der Waals surface area contributed by atoms with Crippen molar-refractivity contribution in [3.63, 3.8) is 0 Å². The maximum Gasteiger partial charge on any atom is 0.211 e. The summed E-state index contributed by atoms with van der Waals surface area (Å²) >= 11 is 0. The summed E-state index contributed by atoms with van der Waals surface area (Å²) in [6, 6.07) is 6.28. The van der Waals surface area contributed by atoms with E-state index in [0.29, 0.717) is 13.0 Å². The molecule has 1 aromatic carbocycles. The highest BCUT2D eigenvalue weighted by Gasteiger charge is 2.13. The Hall–Kier alpha value is -1.07. The SMILES string of the molecule is CCCS(=O)(=O)NCCc1cccc2c1NCCC2. The smallest absolute Gasteiger partial charge is 0.211 e. The van der Waals surface area contributed by atoms with Gasteiger partial charge >= 0.3 is 0 Å². The van der Waals surface area contributed by atoms with E-state index in [2.05, 4.69) is 28.2 Å². The molecule has 0 fully saturated rings. The molecule has 0 aliphatic carbocycles. The second-order valence-corrected chi connectivity index (χ2v) is 6.87. The number of nitrogens with one attached hydrogen (secondary N) is 2. The summed E-state index contributed by atoms with van der Waals surface area (Å²) in [5.74, 6) is 0.206. The molecule has 0 atom stereocenters. The van der Waals surface area contributed by atoms with Crippen molar-refractivity contribution in [3.05, 3.63) is 29.3 Å². The van der Waals surface area contributed by atoms with Crippen LogP contribution in [0.3, 0.4) is 0 Å². The number of para-hydroxylation sites is 1. The summed E-state index contributed by atoms with van der Waals surface area (Å²) < 4.78 is 25.8. The maximum atomic E-state index is 11.6. The second kappa shape index (κ2) is 6.39. The largest absolute Gasteiger partial charge is 0.385 e. The second-order valence-electron chi connectivity index (χ2n) is 4.94. The van der Waals surface area contributed by atoms with Gasteiger partial charge in [-0.25, -0.2) is 13.1 Å². The molecule has 0 aromatic heterocycles. The lowest BCUT2D eigenvalue weighted by Crippen LogP contribution is -2.28. The van der Waals surface area contributed by atoms with Gasteiger partial charge in [0, 0.05) is 18.8 Å². The van der Waals surface area contributed by atoms with Crippen molar-refractivity contribution in [2.75, 3.05) is 24.2 Å². The van der Waals surface area contributed by atoms with Crippen LogP contribution in [0.15, 0.2) is 18.2 Å². The Balaban J connectivity index is 1.97. The van der Waals surface area contributed by atoms with Crippen LogP contribution in [0.4, 0.5) is 5.69 Å². The molecule has 19 heavy (non-hydrogen) atoms. The van der Waals surface area contributed by atoms with Gasteiger partial charge in [0.2, 0.25) is 10.0 Å². The summed E-state index contributed by atoms with van der Waals surface area (Å²) in [7, 11) is -3.09. The van der Waals surface area contributed by atoms with Gasteiger partial charge in [-0.1, -0.05) is 25.1 Å². The first-order valence-corrected chi connectivity index (χ1v) is 8.59. The third-order valence-corrected chi connectivity index (χ3v) is 4.94. The minimum atomic E-state index is -3.09. The summed E-state index contributed by atoms with van der Waals surface area (Å²) in [4.78, 5) is 0. The fourth-order valence-electron chi connectivity index (χ4n) is 2.47. The predicted octanol–water partition coefficient (Wildman–Crippen LogP) is 1.92. The molecular weight excluding hydrogens is 260 g/mol. The lowest BCUT2D eigenvalue weighted by molar-refractivity contribution is 0.580. The van der Waals surface area contributed by atoms with Crippen molar-refractivity contribution in [2.24, 2.45) is 0 Å². The normalized spacial score (nSPS) is 14.8. The number of hydrogen-bond acceptors (Lipinski definition) is 3. The maximum absolute atomic E-state index is 11.6. The van der Waals surface area contributed by atoms with Crippen molar-refractivity contribution in [2.45, 2.75) is 32.6 Å². The van der Waals surface area contributed by atoms with Crippen LogP contribution >= 0.6 is 0 Å². The van der Waals surface area contributed by atoms with Gasteiger partial charge in [0.05, 0.1) is 5.75 Å². The fraction of sp³-hybridized carbons (Fsp3) is 0.571. The third kappa shape index (κ3) is 3.94. The van der Waals surface area contributed by atoms with Crippen molar-refractivity contribution in [1.29, 1.82) is 0 Å². The predicted molar refractivity (Wildman–Crippen MR) is 79.0 cm³/mol. The van der Waals surface area contributed by atoms with Gasteiger partial charge in [-0.05, 0) is 36.8 Å². The standard InChI is InChI=1S/C14H22N2O2S/c1-2-11-19(17,18)16-10-8-13-6-3-5-12-7-4-9-15-14(12)13/h3,5-6,15-16H,2,4,7-11H2,1H3. The Bertz CT molecular complexity index is 526. The molecule has 0 spiro atoms. The van der Waals surface area contributed by atoms with Crippen LogP contribution in [0.1, 0.15) is 30.9 Å². The highest BCUT2D eigenvalue weighted by atomic mass is 32.2. The Kier molecular flexibility index (Phi) is 4.82.